The second-order valence-electron chi connectivity index (χ2n) is 4.57. The van der Waals surface area contributed by atoms with Gasteiger partial charge in [-0.25, -0.2) is 4.39 Å². The number of amidine groups is 1. The van der Waals surface area contributed by atoms with E-state index in [2.05, 4.69) is 10.2 Å². The van der Waals surface area contributed by atoms with E-state index in [-0.39, 0.29) is 5.82 Å². The van der Waals surface area contributed by atoms with Gasteiger partial charge in [-0.1, -0.05) is 42.1 Å². The van der Waals surface area contributed by atoms with E-state index in [9.17, 15) is 4.39 Å². The molecule has 4 nitrogen and oxygen atoms in total. The highest BCUT2D eigenvalue weighted by Crippen LogP contribution is 2.18. The van der Waals surface area contributed by atoms with Crippen molar-refractivity contribution < 1.29 is 9.13 Å². The van der Waals surface area contributed by atoms with Crippen molar-refractivity contribution >= 4 is 23.1 Å². The van der Waals surface area contributed by atoms with Crippen molar-refractivity contribution in [2.75, 3.05) is 6.61 Å². The number of rotatable bonds is 6. The zero-order chi connectivity index (χ0) is 16.5. The van der Waals surface area contributed by atoms with Crippen molar-refractivity contribution in [3.05, 3.63) is 65.5 Å². The normalized spacial score (nSPS) is 11.8. The first-order valence-corrected chi connectivity index (χ1v) is 8.13. The maximum Gasteiger partial charge on any atom is 0.180 e. The number of hydrogen-bond donors (Lipinski definition) is 1. The Hall–Kier alpha value is -2.34. The zero-order valence-electron chi connectivity index (χ0n) is 12.8. The molecule has 0 bridgehead atoms. The Morgan fingerprint density at radius 2 is 2.04 bits per heavy atom. The second-order valence-corrected chi connectivity index (χ2v) is 5.57. The van der Waals surface area contributed by atoms with Crippen LogP contribution in [0.4, 0.5) is 4.39 Å². The molecule has 0 radical (unpaired) electrons. The maximum atomic E-state index is 13.3. The average molecular weight is 331 g/mol. The van der Waals surface area contributed by atoms with Gasteiger partial charge in [0.05, 0.1) is 12.8 Å². The first kappa shape index (κ1) is 17.0. The predicted molar refractivity (Wildman–Crippen MR) is 94.5 cm³/mol. The Bertz CT molecular complexity index is 689. The molecule has 0 amide bonds. The fourth-order valence-electron chi connectivity index (χ4n) is 1.82. The number of halogens is 1. The number of thioether (sulfide) groups is 1. The SMILES string of the molecule is CCOc1ccc(F)cc1C=NN=C(N)SCc1ccccc1. The molecule has 0 atom stereocenters. The van der Waals surface area contributed by atoms with E-state index in [0.717, 1.165) is 11.3 Å². The van der Waals surface area contributed by atoms with Crippen LogP contribution in [-0.2, 0) is 5.75 Å². The van der Waals surface area contributed by atoms with Gasteiger partial charge in [0.15, 0.2) is 5.17 Å². The van der Waals surface area contributed by atoms with Gasteiger partial charge in [-0.2, -0.15) is 5.10 Å². The zero-order valence-corrected chi connectivity index (χ0v) is 13.6. The quantitative estimate of drug-likeness (QED) is 0.497. The van der Waals surface area contributed by atoms with Gasteiger partial charge in [0, 0.05) is 11.3 Å². The summed E-state index contributed by atoms with van der Waals surface area (Å²) in [5, 5.41) is 8.17. The molecular weight excluding hydrogens is 313 g/mol. The Morgan fingerprint density at radius 3 is 2.78 bits per heavy atom. The summed E-state index contributed by atoms with van der Waals surface area (Å²) in [5.74, 6) is 0.921. The van der Waals surface area contributed by atoms with E-state index >= 15 is 0 Å². The van der Waals surface area contributed by atoms with Crippen LogP contribution >= 0.6 is 11.8 Å². The van der Waals surface area contributed by atoms with Crippen LogP contribution in [0.25, 0.3) is 0 Å². The minimum atomic E-state index is -0.356. The van der Waals surface area contributed by atoms with Crippen molar-refractivity contribution in [1.82, 2.24) is 0 Å². The van der Waals surface area contributed by atoms with Crippen LogP contribution in [-0.4, -0.2) is 18.0 Å². The standard InChI is InChI=1S/C17H18FN3OS/c1-2-22-16-9-8-15(18)10-14(16)11-20-21-17(19)23-12-13-6-4-3-5-7-13/h3-11H,2,12H2,1H3,(H2,19,21). The molecule has 6 heteroatoms. The van der Waals surface area contributed by atoms with Crippen LogP contribution in [0.2, 0.25) is 0 Å². The van der Waals surface area contributed by atoms with Gasteiger partial charge in [-0.15, -0.1) is 5.10 Å². The van der Waals surface area contributed by atoms with Crippen LogP contribution in [0.5, 0.6) is 5.75 Å². The average Bonchev–Trinajstić information content (AvgIpc) is 2.56. The van der Waals surface area contributed by atoms with E-state index in [0.29, 0.717) is 23.1 Å². The van der Waals surface area contributed by atoms with Gasteiger partial charge < -0.3 is 10.5 Å². The van der Waals surface area contributed by atoms with Crippen molar-refractivity contribution in [3.63, 3.8) is 0 Å². The molecule has 0 aliphatic carbocycles. The molecule has 0 fully saturated rings. The highest BCUT2D eigenvalue weighted by atomic mass is 32.2. The molecule has 2 aromatic rings. The summed E-state index contributed by atoms with van der Waals surface area (Å²) in [4.78, 5) is 0. The lowest BCUT2D eigenvalue weighted by Crippen LogP contribution is -2.06. The summed E-state index contributed by atoms with van der Waals surface area (Å²) < 4.78 is 18.7. The van der Waals surface area contributed by atoms with E-state index in [4.69, 9.17) is 10.5 Å². The predicted octanol–water partition coefficient (Wildman–Crippen LogP) is 3.81. The van der Waals surface area contributed by atoms with E-state index < -0.39 is 0 Å². The molecule has 0 saturated heterocycles. The lowest BCUT2D eigenvalue weighted by Gasteiger charge is -2.05. The molecule has 0 aromatic heterocycles. The van der Waals surface area contributed by atoms with Crippen LogP contribution in [0.15, 0.2) is 58.7 Å². The minimum Gasteiger partial charge on any atom is -0.493 e. The summed E-state index contributed by atoms with van der Waals surface area (Å²) in [6.07, 6.45) is 1.43. The van der Waals surface area contributed by atoms with Crippen LogP contribution in [0, 0.1) is 5.82 Å². The summed E-state index contributed by atoms with van der Waals surface area (Å²) in [6.45, 7) is 2.35. The van der Waals surface area contributed by atoms with Gasteiger partial charge in [0.25, 0.3) is 0 Å². The van der Waals surface area contributed by atoms with Crippen LogP contribution in [0.3, 0.4) is 0 Å². The highest BCUT2D eigenvalue weighted by molar-refractivity contribution is 8.13. The Balaban J connectivity index is 1.98. The lowest BCUT2D eigenvalue weighted by molar-refractivity contribution is 0.339. The lowest BCUT2D eigenvalue weighted by atomic mass is 10.2. The molecule has 0 saturated carbocycles. The molecule has 2 N–H and O–H groups in total. The molecule has 0 aliphatic heterocycles. The highest BCUT2D eigenvalue weighted by Gasteiger charge is 2.03. The van der Waals surface area contributed by atoms with Gasteiger partial charge >= 0.3 is 0 Å². The number of hydrogen-bond acceptors (Lipinski definition) is 4. The third-order valence-corrected chi connectivity index (χ3v) is 3.71. The van der Waals surface area contributed by atoms with Crippen molar-refractivity contribution in [2.45, 2.75) is 12.7 Å². The molecule has 0 heterocycles. The molecule has 23 heavy (non-hydrogen) atoms. The topological polar surface area (TPSA) is 60.0 Å². The van der Waals surface area contributed by atoms with Crippen molar-refractivity contribution in [1.29, 1.82) is 0 Å². The van der Waals surface area contributed by atoms with E-state index in [1.807, 2.05) is 37.3 Å². The van der Waals surface area contributed by atoms with E-state index in [1.165, 1.54) is 30.1 Å². The third kappa shape index (κ3) is 5.75. The number of benzene rings is 2. The van der Waals surface area contributed by atoms with Gasteiger partial charge in [0.1, 0.15) is 11.6 Å². The summed E-state index contributed by atoms with van der Waals surface area (Å²) in [5.41, 5.74) is 7.49. The van der Waals surface area contributed by atoms with Gasteiger partial charge in [-0.3, -0.25) is 0 Å². The van der Waals surface area contributed by atoms with E-state index in [1.54, 1.807) is 6.07 Å². The fraction of sp³-hybridized carbons (Fsp3) is 0.176. The molecule has 0 unspecified atom stereocenters. The molecule has 2 aromatic carbocycles. The van der Waals surface area contributed by atoms with Gasteiger partial charge in [-0.05, 0) is 30.7 Å². The fourth-order valence-corrected chi connectivity index (χ4v) is 2.43. The molecule has 0 spiro atoms. The monoisotopic (exact) mass is 331 g/mol. The van der Waals surface area contributed by atoms with Crippen molar-refractivity contribution in [2.24, 2.45) is 15.9 Å². The molecular formula is C17H18FN3OS. The molecule has 0 aliphatic rings. The Kier molecular flexibility index (Phi) is 6.62. The Morgan fingerprint density at radius 1 is 1.26 bits per heavy atom. The largest absolute Gasteiger partial charge is 0.493 e. The molecule has 2 rings (SSSR count). The van der Waals surface area contributed by atoms with Crippen LogP contribution in [0.1, 0.15) is 18.1 Å². The number of nitrogens with two attached hydrogens (primary N) is 1. The summed E-state index contributed by atoms with van der Waals surface area (Å²) >= 11 is 1.39. The minimum absolute atomic E-state index is 0.347. The van der Waals surface area contributed by atoms with Gasteiger partial charge in [0.2, 0.25) is 0 Å². The molecule has 120 valence electrons. The summed E-state index contributed by atoms with van der Waals surface area (Å²) in [6, 6.07) is 14.2. The smallest absolute Gasteiger partial charge is 0.180 e. The number of nitrogens with zero attached hydrogens (tertiary/aromatic N) is 2. The van der Waals surface area contributed by atoms with Crippen LogP contribution < -0.4 is 10.5 Å². The Labute approximate surface area is 139 Å². The maximum absolute atomic E-state index is 13.3. The second kappa shape index (κ2) is 8.95. The number of ether oxygens (including phenoxy) is 1. The first-order chi connectivity index (χ1) is 11.2. The first-order valence-electron chi connectivity index (χ1n) is 7.14. The summed E-state index contributed by atoms with van der Waals surface area (Å²) in [7, 11) is 0. The van der Waals surface area contributed by atoms with Crippen molar-refractivity contribution in [3.8, 4) is 5.75 Å². The third-order valence-electron chi connectivity index (χ3n) is 2.85.